The maximum Gasteiger partial charge on any atom is 0.348 e. The number of rotatable bonds is 5. The summed E-state index contributed by atoms with van der Waals surface area (Å²) < 4.78 is 4.92. The van der Waals surface area contributed by atoms with Gasteiger partial charge in [0.05, 0.1) is 12.2 Å². The molecule has 0 unspecified atom stereocenters. The first kappa shape index (κ1) is 15.2. The van der Waals surface area contributed by atoms with Gasteiger partial charge in [0.2, 0.25) is 5.91 Å². The fourth-order valence-electron chi connectivity index (χ4n) is 1.54. The van der Waals surface area contributed by atoms with Crippen LogP contribution in [-0.2, 0) is 9.53 Å². The van der Waals surface area contributed by atoms with E-state index in [9.17, 15) is 9.59 Å². The minimum atomic E-state index is -0.461. The average Bonchev–Trinajstić information content (AvgIpc) is 2.66. The molecule has 1 heterocycles. The molecule has 0 radical (unpaired) electrons. The standard InChI is InChI=1S/C13H16N2O3S/c1-4-6-10(16)15-12-9(7-14)8(3)11(19-12)13(17)18-5-2/h4-6H2,1-3H3,(H,15,16). The van der Waals surface area contributed by atoms with E-state index in [4.69, 9.17) is 10.00 Å². The Labute approximate surface area is 116 Å². The van der Waals surface area contributed by atoms with Gasteiger partial charge in [0.1, 0.15) is 15.9 Å². The van der Waals surface area contributed by atoms with Crippen molar-refractivity contribution in [1.29, 1.82) is 5.26 Å². The predicted octanol–water partition coefficient (Wildman–Crippen LogP) is 2.84. The first-order valence-corrected chi connectivity index (χ1v) is 6.87. The van der Waals surface area contributed by atoms with Gasteiger partial charge in [-0.3, -0.25) is 4.79 Å². The topological polar surface area (TPSA) is 79.2 Å². The molecule has 19 heavy (non-hydrogen) atoms. The molecule has 6 heteroatoms. The smallest absolute Gasteiger partial charge is 0.348 e. The van der Waals surface area contributed by atoms with E-state index in [1.807, 2.05) is 13.0 Å². The third kappa shape index (κ3) is 3.55. The van der Waals surface area contributed by atoms with E-state index in [2.05, 4.69) is 5.32 Å². The summed E-state index contributed by atoms with van der Waals surface area (Å²) in [4.78, 5) is 23.7. The molecule has 0 saturated heterocycles. The summed E-state index contributed by atoms with van der Waals surface area (Å²) in [6, 6.07) is 2.02. The number of nitrogens with zero attached hydrogens (tertiary/aromatic N) is 1. The largest absolute Gasteiger partial charge is 0.462 e. The molecule has 0 atom stereocenters. The monoisotopic (exact) mass is 280 g/mol. The molecule has 0 bridgehead atoms. The SMILES string of the molecule is CCCC(=O)Nc1sc(C(=O)OCC)c(C)c1C#N. The summed E-state index contributed by atoms with van der Waals surface area (Å²) in [5.41, 5.74) is 0.884. The van der Waals surface area contributed by atoms with Gasteiger partial charge in [-0.2, -0.15) is 5.26 Å². The predicted molar refractivity (Wildman–Crippen MR) is 73.3 cm³/mol. The van der Waals surface area contributed by atoms with Crippen molar-refractivity contribution < 1.29 is 14.3 Å². The van der Waals surface area contributed by atoms with Crippen molar-refractivity contribution in [2.24, 2.45) is 0 Å². The number of carbonyl (C=O) groups excluding carboxylic acids is 2. The van der Waals surface area contributed by atoms with E-state index >= 15 is 0 Å². The quantitative estimate of drug-likeness (QED) is 0.841. The Morgan fingerprint density at radius 3 is 2.63 bits per heavy atom. The zero-order chi connectivity index (χ0) is 14.4. The van der Waals surface area contributed by atoms with E-state index in [0.717, 1.165) is 17.8 Å². The molecule has 1 rings (SSSR count). The maximum absolute atomic E-state index is 11.7. The number of hydrogen-bond donors (Lipinski definition) is 1. The molecular formula is C13H16N2O3S. The molecule has 0 aromatic carbocycles. The summed E-state index contributed by atoms with van der Waals surface area (Å²) in [5.74, 6) is -0.617. The van der Waals surface area contributed by atoms with Gasteiger partial charge >= 0.3 is 5.97 Å². The number of thiophene rings is 1. The number of amides is 1. The second-order valence-corrected chi connectivity index (χ2v) is 4.91. The lowest BCUT2D eigenvalue weighted by Crippen LogP contribution is -2.10. The number of nitrogens with one attached hydrogen (secondary N) is 1. The van der Waals surface area contributed by atoms with Gasteiger partial charge in [-0.25, -0.2) is 4.79 Å². The lowest BCUT2D eigenvalue weighted by molar-refractivity contribution is -0.116. The molecule has 5 nitrogen and oxygen atoms in total. The highest BCUT2D eigenvalue weighted by Crippen LogP contribution is 2.33. The van der Waals surface area contributed by atoms with Gasteiger partial charge in [0, 0.05) is 6.42 Å². The van der Waals surface area contributed by atoms with E-state index in [0.29, 0.717) is 27.4 Å². The van der Waals surface area contributed by atoms with Crippen molar-refractivity contribution in [3.05, 3.63) is 16.0 Å². The summed E-state index contributed by atoms with van der Waals surface area (Å²) >= 11 is 1.08. The molecule has 1 aromatic heterocycles. The molecule has 1 amide bonds. The van der Waals surface area contributed by atoms with Crippen LogP contribution in [0.2, 0.25) is 0 Å². The fourth-order valence-corrected chi connectivity index (χ4v) is 2.61. The van der Waals surface area contributed by atoms with Gasteiger partial charge in [0.15, 0.2) is 0 Å². The van der Waals surface area contributed by atoms with Crippen molar-refractivity contribution in [2.45, 2.75) is 33.6 Å². The van der Waals surface area contributed by atoms with E-state index < -0.39 is 5.97 Å². The summed E-state index contributed by atoms with van der Waals surface area (Å²) in [5, 5.41) is 12.2. The minimum absolute atomic E-state index is 0.157. The molecule has 0 aliphatic heterocycles. The Bertz CT molecular complexity index is 529. The van der Waals surface area contributed by atoms with Crippen LogP contribution in [0.25, 0.3) is 0 Å². The highest BCUT2D eigenvalue weighted by molar-refractivity contribution is 7.18. The van der Waals surface area contributed by atoms with Crippen LogP contribution in [0.4, 0.5) is 5.00 Å². The molecule has 1 aromatic rings. The van der Waals surface area contributed by atoms with Crippen molar-refractivity contribution in [3.8, 4) is 6.07 Å². The van der Waals surface area contributed by atoms with Crippen LogP contribution >= 0.6 is 11.3 Å². The first-order chi connectivity index (χ1) is 9.04. The Balaban J connectivity index is 3.06. The van der Waals surface area contributed by atoms with E-state index in [1.54, 1.807) is 13.8 Å². The molecule has 102 valence electrons. The zero-order valence-corrected chi connectivity index (χ0v) is 12.0. The summed E-state index contributed by atoms with van der Waals surface area (Å²) in [6.45, 7) is 5.57. The Hall–Kier alpha value is -1.87. The minimum Gasteiger partial charge on any atom is -0.462 e. The van der Waals surface area contributed by atoms with Gasteiger partial charge in [-0.05, 0) is 25.8 Å². The van der Waals surface area contributed by atoms with Gasteiger partial charge in [0.25, 0.3) is 0 Å². The highest BCUT2D eigenvalue weighted by atomic mass is 32.1. The second-order valence-electron chi connectivity index (χ2n) is 3.89. The summed E-state index contributed by atoms with van der Waals surface area (Å²) in [7, 11) is 0. The van der Waals surface area contributed by atoms with Crippen LogP contribution in [0.15, 0.2) is 0 Å². The van der Waals surface area contributed by atoms with Crippen LogP contribution in [0.3, 0.4) is 0 Å². The normalized spacial score (nSPS) is 9.79. The lowest BCUT2D eigenvalue weighted by atomic mass is 10.2. The lowest BCUT2D eigenvalue weighted by Gasteiger charge is -2.00. The molecule has 0 aliphatic carbocycles. The number of ether oxygens (including phenoxy) is 1. The van der Waals surface area contributed by atoms with Crippen molar-refractivity contribution in [3.63, 3.8) is 0 Å². The Morgan fingerprint density at radius 2 is 2.11 bits per heavy atom. The van der Waals surface area contributed by atoms with E-state index in [1.165, 1.54) is 0 Å². The number of hydrogen-bond acceptors (Lipinski definition) is 5. The average molecular weight is 280 g/mol. The van der Waals surface area contributed by atoms with Crippen molar-refractivity contribution >= 4 is 28.2 Å². The van der Waals surface area contributed by atoms with Crippen molar-refractivity contribution in [2.75, 3.05) is 11.9 Å². The fraction of sp³-hybridized carbons (Fsp3) is 0.462. The molecule has 1 N–H and O–H groups in total. The van der Waals surface area contributed by atoms with Crippen molar-refractivity contribution in [1.82, 2.24) is 0 Å². The number of esters is 1. The van der Waals surface area contributed by atoms with Crippen LogP contribution in [0.5, 0.6) is 0 Å². The number of nitriles is 1. The zero-order valence-electron chi connectivity index (χ0n) is 11.2. The van der Waals surface area contributed by atoms with Gasteiger partial charge in [-0.15, -0.1) is 11.3 Å². The molecule has 0 saturated carbocycles. The van der Waals surface area contributed by atoms with Crippen LogP contribution in [0.1, 0.15) is 47.5 Å². The van der Waals surface area contributed by atoms with Gasteiger partial charge in [-0.1, -0.05) is 6.92 Å². The third-order valence-corrected chi connectivity index (χ3v) is 3.64. The third-order valence-electron chi connectivity index (χ3n) is 2.45. The molecule has 0 aliphatic rings. The highest BCUT2D eigenvalue weighted by Gasteiger charge is 2.21. The number of anilines is 1. The maximum atomic E-state index is 11.7. The number of carbonyl (C=O) groups is 2. The van der Waals surface area contributed by atoms with Gasteiger partial charge < -0.3 is 10.1 Å². The molecule has 0 fully saturated rings. The first-order valence-electron chi connectivity index (χ1n) is 6.05. The van der Waals surface area contributed by atoms with Crippen LogP contribution in [-0.4, -0.2) is 18.5 Å². The second kappa shape index (κ2) is 6.90. The molecule has 0 spiro atoms. The Kier molecular flexibility index (Phi) is 5.52. The summed E-state index contributed by atoms with van der Waals surface area (Å²) in [6.07, 6.45) is 1.11. The molecular weight excluding hydrogens is 264 g/mol. The van der Waals surface area contributed by atoms with Crippen LogP contribution in [0, 0.1) is 18.3 Å². The van der Waals surface area contributed by atoms with Crippen LogP contribution < -0.4 is 5.32 Å². The Morgan fingerprint density at radius 1 is 1.42 bits per heavy atom. The van der Waals surface area contributed by atoms with E-state index in [-0.39, 0.29) is 12.5 Å².